The van der Waals surface area contributed by atoms with Crippen molar-refractivity contribution in [1.82, 2.24) is 9.78 Å². The van der Waals surface area contributed by atoms with Crippen molar-refractivity contribution in [3.63, 3.8) is 0 Å². The molecule has 1 aromatic carbocycles. The first-order valence-electron chi connectivity index (χ1n) is 12.0. The first kappa shape index (κ1) is 28.6. The van der Waals surface area contributed by atoms with Gasteiger partial charge in [-0.3, -0.25) is 4.68 Å². The maximum absolute atomic E-state index is 14.6. The molecule has 0 radical (unpaired) electrons. The largest absolute Gasteiger partial charge is 0.508 e. The van der Waals surface area contributed by atoms with Crippen LogP contribution in [0.2, 0.25) is 0 Å². The summed E-state index contributed by atoms with van der Waals surface area (Å²) in [5.74, 6) is -0.245. The van der Waals surface area contributed by atoms with E-state index in [1.807, 2.05) is 34.6 Å². The molecule has 0 saturated carbocycles. The highest BCUT2D eigenvalue weighted by Crippen LogP contribution is 2.31. The number of carbonyl (C=O) groups excluding carboxylic acids is 1. The standard InChI is InChI=1S/C25H35FN2O9/c1-12(2)28-14(5)16(9-15-7-8-18(17(26)10-15)35-13(3)4)23(27-28)37-24-22(31)21(30)20(29)19(36-24)11-34-25(32)33-6/h7-8,10,12-13,19-22,24,29-31H,9,11H2,1-6H3/t19-,20-,21+,22-,24?/m1/s1. The summed E-state index contributed by atoms with van der Waals surface area (Å²) in [4.78, 5) is 11.3. The predicted octanol–water partition coefficient (Wildman–Crippen LogP) is 2.26. The van der Waals surface area contributed by atoms with Gasteiger partial charge >= 0.3 is 6.16 Å². The van der Waals surface area contributed by atoms with Gasteiger partial charge in [-0.1, -0.05) is 6.07 Å². The fourth-order valence-electron chi connectivity index (χ4n) is 4.01. The average molecular weight is 527 g/mol. The Labute approximate surface area is 214 Å². The molecule has 2 aromatic rings. The summed E-state index contributed by atoms with van der Waals surface area (Å²) in [6.07, 6.45) is -8.42. The van der Waals surface area contributed by atoms with Crippen LogP contribution in [0.25, 0.3) is 0 Å². The Bertz CT molecular complexity index is 1070. The third-order valence-corrected chi connectivity index (χ3v) is 5.89. The number of nitrogens with zero attached hydrogens (tertiary/aromatic N) is 2. The molecule has 3 N–H and O–H groups in total. The summed E-state index contributed by atoms with van der Waals surface area (Å²) in [5.41, 5.74) is 2.00. The smallest absolute Gasteiger partial charge is 0.488 e. The molecule has 3 rings (SSSR count). The number of ether oxygens (including phenoxy) is 5. The molecule has 1 saturated heterocycles. The maximum atomic E-state index is 14.6. The van der Waals surface area contributed by atoms with E-state index in [-0.39, 0.29) is 30.2 Å². The highest BCUT2D eigenvalue weighted by atomic mass is 19.1. The minimum Gasteiger partial charge on any atom is -0.488 e. The number of benzene rings is 1. The van der Waals surface area contributed by atoms with Crippen LogP contribution >= 0.6 is 0 Å². The van der Waals surface area contributed by atoms with Gasteiger partial charge in [-0.15, -0.1) is 5.10 Å². The Morgan fingerprint density at radius 3 is 2.46 bits per heavy atom. The first-order chi connectivity index (χ1) is 17.4. The zero-order valence-electron chi connectivity index (χ0n) is 21.8. The molecule has 12 heteroatoms. The van der Waals surface area contributed by atoms with Gasteiger partial charge in [0.25, 0.3) is 0 Å². The normalized spacial score (nSPS) is 23.8. The number of methoxy groups -OCH3 is 1. The maximum Gasteiger partial charge on any atom is 0.508 e. The van der Waals surface area contributed by atoms with E-state index in [0.29, 0.717) is 11.1 Å². The fraction of sp³-hybridized carbons (Fsp3) is 0.600. The monoisotopic (exact) mass is 526 g/mol. The van der Waals surface area contributed by atoms with Crippen molar-refractivity contribution < 1.29 is 48.2 Å². The van der Waals surface area contributed by atoms with Gasteiger partial charge in [0.05, 0.1) is 13.2 Å². The van der Waals surface area contributed by atoms with Crippen LogP contribution < -0.4 is 9.47 Å². The first-order valence-corrected chi connectivity index (χ1v) is 12.0. The molecule has 37 heavy (non-hydrogen) atoms. The van der Waals surface area contributed by atoms with Crippen LogP contribution in [-0.4, -0.2) is 81.8 Å². The van der Waals surface area contributed by atoms with E-state index in [1.165, 1.54) is 6.07 Å². The van der Waals surface area contributed by atoms with Gasteiger partial charge in [-0.2, -0.15) is 0 Å². The number of hydrogen-bond donors (Lipinski definition) is 3. The molecule has 0 spiro atoms. The molecular weight excluding hydrogens is 491 g/mol. The van der Waals surface area contributed by atoms with Crippen molar-refractivity contribution in [1.29, 1.82) is 0 Å². The topological polar surface area (TPSA) is 142 Å². The Balaban J connectivity index is 1.87. The lowest BCUT2D eigenvalue weighted by Gasteiger charge is -2.39. The van der Waals surface area contributed by atoms with Gasteiger partial charge in [0.1, 0.15) is 31.0 Å². The molecule has 5 atom stereocenters. The highest BCUT2D eigenvalue weighted by molar-refractivity contribution is 5.59. The van der Waals surface area contributed by atoms with E-state index in [0.717, 1.165) is 12.8 Å². The van der Waals surface area contributed by atoms with Crippen LogP contribution in [0, 0.1) is 12.7 Å². The van der Waals surface area contributed by atoms with Crippen molar-refractivity contribution in [3.8, 4) is 11.6 Å². The molecule has 1 unspecified atom stereocenters. The number of aliphatic hydroxyl groups is 3. The summed E-state index contributed by atoms with van der Waals surface area (Å²) in [6, 6.07) is 4.63. The molecular formula is C25H35FN2O9. The molecule has 1 fully saturated rings. The highest BCUT2D eigenvalue weighted by Gasteiger charge is 2.46. The third-order valence-electron chi connectivity index (χ3n) is 5.89. The average Bonchev–Trinajstić information content (AvgIpc) is 3.14. The lowest BCUT2D eigenvalue weighted by molar-refractivity contribution is -0.278. The third kappa shape index (κ3) is 6.69. The van der Waals surface area contributed by atoms with E-state index in [4.69, 9.17) is 18.9 Å². The second-order valence-electron chi connectivity index (χ2n) is 9.41. The van der Waals surface area contributed by atoms with Crippen LogP contribution in [-0.2, 0) is 20.6 Å². The van der Waals surface area contributed by atoms with E-state index < -0.39 is 49.3 Å². The van der Waals surface area contributed by atoms with Gasteiger partial charge in [-0.25, -0.2) is 9.18 Å². The number of hydrogen-bond acceptors (Lipinski definition) is 10. The van der Waals surface area contributed by atoms with E-state index >= 15 is 0 Å². The van der Waals surface area contributed by atoms with Gasteiger partial charge in [0.2, 0.25) is 12.2 Å². The van der Waals surface area contributed by atoms with E-state index in [9.17, 15) is 24.5 Å². The van der Waals surface area contributed by atoms with E-state index in [1.54, 1.807) is 16.8 Å². The molecule has 1 aromatic heterocycles. The Kier molecular flexibility index (Phi) is 9.35. The fourth-order valence-corrected chi connectivity index (χ4v) is 4.01. The minimum absolute atomic E-state index is 0.0412. The Morgan fingerprint density at radius 2 is 1.86 bits per heavy atom. The number of aliphatic hydroxyl groups excluding tert-OH is 3. The number of rotatable bonds is 9. The van der Waals surface area contributed by atoms with Gasteiger partial charge in [-0.05, 0) is 52.3 Å². The molecule has 1 aliphatic rings. The minimum atomic E-state index is -1.65. The van der Waals surface area contributed by atoms with Crippen LogP contribution in [0.5, 0.6) is 11.6 Å². The van der Waals surface area contributed by atoms with Crippen molar-refractivity contribution >= 4 is 6.16 Å². The van der Waals surface area contributed by atoms with Crippen LogP contribution in [0.3, 0.4) is 0 Å². The molecule has 2 heterocycles. The predicted molar refractivity (Wildman–Crippen MR) is 128 cm³/mol. The molecule has 11 nitrogen and oxygen atoms in total. The SMILES string of the molecule is COC(=O)OC[C@H]1OC(Oc2nn(C(C)C)c(C)c2Cc2ccc(OC(C)C)c(F)c2)[C@H](O)[C@@H](O)[C@@H]1O. The van der Waals surface area contributed by atoms with Crippen molar-refractivity contribution in [2.75, 3.05) is 13.7 Å². The van der Waals surface area contributed by atoms with Crippen LogP contribution in [0.15, 0.2) is 18.2 Å². The summed E-state index contributed by atoms with van der Waals surface area (Å²) in [5, 5.41) is 35.6. The number of halogens is 1. The molecule has 0 aliphatic carbocycles. The lowest BCUT2D eigenvalue weighted by atomic mass is 9.99. The Morgan fingerprint density at radius 1 is 1.16 bits per heavy atom. The molecule has 1 aliphatic heterocycles. The van der Waals surface area contributed by atoms with Gasteiger partial charge in [0.15, 0.2) is 11.6 Å². The van der Waals surface area contributed by atoms with Crippen molar-refractivity contribution in [2.24, 2.45) is 0 Å². The van der Waals surface area contributed by atoms with Gasteiger partial charge in [0, 0.05) is 23.7 Å². The zero-order chi connectivity index (χ0) is 27.4. The number of carbonyl (C=O) groups is 1. The molecule has 0 amide bonds. The molecule has 206 valence electrons. The van der Waals surface area contributed by atoms with E-state index in [2.05, 4.69) is 9.84 Å². The summed E-state index contributed by atoms with van der Waals surface area (Å²) in [7, 11) is 1.12. The van der Waals surface area contributed by atoms with Crippen molar-refractivity contribution in [2.45, 2.75) is 83.9 Å². The second-order valence-corrected chi connectivity index (χ2v) is 9.41. The number of aromatic nitrogens is 2. The Hall–Kier alpha value is -2.93. The van der Waals surface area contributed by atoms with Gasteiger partial charge < -0.3 is 39.0 Å². The quantitative estimate of drug-likeness (QED) is 0.417. The summed E-state index contributed by atoms with van der Waals surface area (Å²) in [6.45, 7) is 8.86. The summed E-state index contributed by atoms with van der Waals surface area (Å²) >= 11 is 0. The van der Waals surface area contributed by atoms with Crippen LogP contribution in [0.1, 0.15) is 50.6 Å². The zero-order valence-corrected chi connectivity index (χ0v) is 21.8. The summed E-state index contributed by atoms with van der Waals surface area (Å²) < 4.78 is 42.6. The second kappa shape index (κ2) is 12.1. The van der Waals surface area contributed by atoms with Crippen molar-refractivity contribution in [3.05, 3.63) is 40.8 Å². The molecule has 0 bridgehead atoms. The lowest BCUT2D eigenvalue weighted by Crippen LogP contribution is -2.60. The van der Waals surface area contributed by atoms with Crippen LogP contribution in [0.4, 0.5) is 9.18 Å².